The van der Waals surface area contributed by atoms with Gasteiger partial charge in [0, 0.05) is 32.4 Å². The number of nitrogens with two attached hydrogens (primary N) is 1. The Bertz CT molecular complexity index is 378. The van der Waals surface area contributed by atoms with Gasteiger partial charge in [-0.15, -0.1) is 0 Å². The van der Waals surface area contributed by atoms with Gasteiger partial charge in [0.1, 0.15) is 0 Å². The third-order valence-electron chi connectivity index (χ3n) is 3.46. The molecule has 0 aromatic carbocycles. The molecule has 0 radical (unpaired) electrons. The number of ether oxygens (including phenoxy) is 1. The van der Waals surface area contributed by atoms with E-state index in [0.717, 1.165) is 25.4 Å². The van der Waals surface area contributed by atoms with Gasteiger partial charge in [-0.1, -0.05) is 0 Å². The molecule has 1 aromatic rings. The molecule has 0 aliphatic carbocycles. The Morgan fingerprint density at radius 2 is 2.33 bits per heavy atom. The number of rotatable bonds is 4. The fraction of sp³-hybridized carbons (Fsp3) is 0.750. The molecule has 2 rings (SSSR count). The second-order valence-corrected chi connectivity index (χ2v) is 5.06. The molecular formula is C12H23N5O. The molecule has 1 aromatic heterocycles. The number of aryl methyl sites for hydroxylation is 1. The van der Waals surface area contributed by atoms with Crippen LogP contribution in [0.5, 0.6) is 0 Å². The summed E-state index contributed by atoms with van der Waals surface area (Å²) in [6.07, 6.45) is 1.96. The lowest BCUT2D eigenvalue weighted by Crippen LogP contribution is -2.51. The van der Waals surface area contributed by atoms with Crippen molar-refractivity contribution in [3.8, 4) is 0 Å². The third kappa shape index (κ3) is 2.89. The normalized spacial score (nSPS) is 23.5. The van der Waals surface area contributed by atoms with Gasteiger partial charge >= 0.3 is 0 Å². The maximum Gasteiger partial charge on any atom is 0.0926 e. The summed E-state index contributed by atoms with van der Waals surface area (Å²) < 4.78 is 7.62. The second kappa shape index (κ2) is 5.79. The van der Waals surface area contributed by atoms with Crippen molar-refractivity contribution < 1.29 is 4.74 Å². The summed E-state index contributed by atoms with van der Waals surface area (Å²) in [5.74, 6) is 5.67. The zero-order chi connectivity index (χ0) is 13.1. The van der Waals surface area contributed by atoms with E-state index in [0.29, 0.717) is 6.04 Å². The number of aromatic nitrogens is 2. The molecule has 2 atom stereocenters. The lowest BCUT2D eigenvalue weighted by atomic mass is 10.1. The van der Waals surface area contributed by atoms with Crippen LogP contribution in [0.4, 0.5) is 0 Å². The summed E-state index contributed by atoms with van der Waals surface area (Å²) in [4.78, 5) is 2.40. The van der Waals surface area contributed by atoms with Crippen LogP contribution in [-0.4, -0.2) is 46.5 Å². The molecule has 6 nitrogen and oxygen atoms in total. The maximum atomic E-state index is 5.84. The molecule has 0 spiro atoms. The van der Waals surface area contributed by atoms with Gasteiger partial charge in [-0.2, -0.15) is 5.10 Å². The van der Waals surface area contributed by atoms with E-state index in [1.807, 2.05) is 19.3 Å². The lowest BCUT2D eigenvalue weighted by Gasteiger charge is -2.38. The highest BCUT2D eigenvalue weighted by Gasteiger charge is 2.30. The van der Waals surface area contributed by atoms with E-state index in [1.54, 1.807) is 4.68 Å². The minimum Gasteiger partial charge on any atom is -0.373 e. The van der Waals surface area contributed by atoms with E-state index in [2.05, 4.69) is 29.3 Å². The van der Waals surface area contributed by atoms with Gasteiger partial charge in [-0.05, 0) is 19.9 Å². The first kappa shape index (κ1) is 13.5. The largest absolute Gasteiger partial charge is 0.373 e. The average Bonchev–Trinajstić information content (AvgIpc) is 2.77. The van der Waals surface area contributed by atoms with Crippen LogP contribution >= 0.6 is 0 Å². The maximum absolute atomic E-state index is 5.84. The van der Waals surface area contributed by atoms with Crippen LogP contribution < -0.4 is 11.3 Å². The van der Waals surface area contributed by atoms with Crippen LogP contribution in [0.2, 0.25) is 0 Å². The van der Waals surface area contributed by atoms with Crippen molar-refractivity contribution in [2.24, 2.45) is 12.9 Å². The van der Waals surface area contributed by atoms with Gasteiger partial charge in [0.05, 0.1) is 24.4 Å². The highest BCUT2D eigenvalue weighted by atomic mass is 16.5. The SMILES string of the molecule is CC(C)N1CCOC(C(NN)c2ccn(C)n2)C1. The van der Waals surface area contributed by atoms with Gasteiger partial charge in [0.2, 0.25) is 0 Å². The third-order valence-corrected chi connectivity index (χ3v) is 3.46. The molecule has 2 heterocycles. The van der Waals surface area contributed by atoms with Gasteiger partial charge in [0.25, 0.3) is 0 Å². The first-order valence-corrected chi connectivity index (χ1v) is 6.43. The van der Waals surface area contributed by atoms with Crippen LogP contribution in [-0.2, 0) is 11.8 Å². The summed E-state index contributed by atoms with van der Waals surface area (Å²) in [5, 5.41) is 4.40. The Hall–Kier alpha value is -0.950. The highest BCUT2D eigenvalue weighted by Crippen LogP contribution is 2.21. The summed E-state index contributed by atoms with van der Waals surface area (Å²) in [5.41, 5.74) is 3.76. The van der Waals surface area contributed by atoms with Crippen molar-refractivity contribution in [3.05, 3.63) is 18.0 Å². The Balaban J connectivity index is 2.08. The summed E-state index contributed by atoms with van der Waals surface area (Å²) >= 11 is 0. The Kier molecular flexibility index (Phi) is 4.34. The molecule has 102 valence electrons. The molecule has 6 heteroatoms. The van der Waals surface area contributed by atoms with Crippen molar-refractivity contribution in [2.75, 3.05) is 19.7 Å². The molecule has 1 aliphatic heterocycles. The van der Waals surface area contributed by atoms with E-state index in [9.17, 15) is 0 Å². The molecule has 1 aliphatic rings. The van der Waals surface area contributed by atoms with Gasteiger partial charge in [-0.3, -0.25) is 15.4 Å². The topological polar surface area (TPSA) is 68.3 Å². The molecule has 0 amide bonds. The minimum atomic E-state index is -0.0623. The lowest BCUT2D eigenvalue weighted by molar-refractivity contribution is -0.0568. The zero-order valence-corrected chi connectivity index (χ0v) is 11.3. The number of hydrogen-bond donors (Lipinski definition) is 2. The minimum absolute atomic E-state index is 0.0426. The van der Waals surface area contributed by atoms with Crippen LogP contribution in [0.15, 0.2) is 12.3 Å². The van der Waals surface area contributed by atoms with Crippen molar-refractivity contribution in [1.82, 2.24) is 20.1 Å². The van der Waals surface area contributed by atoms with E-state index in [1.165, 1.54) is 0 Å². The molecule has 3 N–H and O–H groups in total. The average molecular weight is 253 g/mol. The Labute approximate surface area is 108 Å². The van der Waals surface area contributed by atoms with Gasteiger partial charge in [0.15, 0.2) is 0 Å². The quantitative estimate of drug-likeness (QED) is 0.585. The summed E-state index contributed by atoms with van der Waals surface area (Å²) in [6.45, 7) is 7.01. The van der Waals surface area contributed by atoms with Crippen LogP contribution in [0.3, 0.4) is 0 Å². The van der Waals surface area contributed by atoms with E-state index >= 15 is 0 Å². The van der Waals surface area contributed by atoms with Crippen molar-refractivity contribution >= 4 is 0 Å². The number of nitrogens with zero attached hydrogens (tertiary/aromatic N) is 3. The molecule has 1 fully saturated rings. The van der Waals surface area contributed by atoms with Crippen molar-refractivity contribution in [1.29, 1.82) is 0 Å². The number of hydrogen-bond acceptors (Lipinski definition) is 5. The zero-order valence-electron chi connectivity index (χ0n) is 11.3. The Morgan fingerprint density at radius 3 is 2.89 bits per heavy atom. The molecule has 1 saturated heterocycles. The van der Waals surface area contributed by atoms with Crippen molar-refractivity contribution in [3.63, 3.8) is 0 Å². The van der Waals surface area contributed by atoms with Crippen LogP contribution in [0, 0.1) is 0 Å². The summed E-state index contributed by atoms with van der Waals surface area (Å²) in [6, 6.07) is 2.44. The van der Waals surface area contributed by atoms with Gasteiger partial charge < -0.3 is 4.74 Å². The van der Waals surface area contributed by atoms with E-state index in [-0.39, 0.29) is 12.1 Å². The van der Waals surface area contributed by atoms with E-state index in [4.69, 9.17) is 10.6 Å². The van der Waals surface area contributed by atoms with Crippen LogP contribution in [0.1, 0.15) is 25.6 Å². The molecule has 2 unspecified atom stereocenters. The fourth-order valence-electron chi connectivity index (χ4n) is 2.35. The molecule has 0 saturated carbocycles. The first-order chi connectivity index (χ1) is 8.61. The molecular weight excluding hydrogens is 230 g/mol. The van der Waals surface area contributed by atoms with Gasteiger partial charge in [-0.25, -0.2) is 5.43 Å². The molecule has 18 heavy (non-hydrogen) atoms. The summed E-state index contributed by atoms with van der Waals surface area (Å²) in [7, 11) is 1.90. The standard InChI is InChI=1S/C12H23N5O/c1-9(2)17-6-7-18-11(8-17)12(14-13)10-4-5-16(3)15-10/h4-5,9,11-12,14H,6-8,13H2,1-3H3. The highest BCUT2D eigenvalue weighted by molar-refractivity contribution is 5.08. The molecule has 0 bridgehead atoms. The number of hydrazine groups is 1. The van der Waals surface area contributed by atoms with E-state index < -0.39 is 0 Å². The number of morpholine rings is 1. The monoisotopic (exact) mass is 253 g/mol. The first-order valence-electron chi connectivity index (χ1n) is 6.43. The fourth-order valence-corrected chi connectivity index (χ4v) is 2.35. The predicted molar refractivity (Wildman–Crippen MR) is 69.7 cm³/mol. The smallest absolute Gasteiger partial charge is 0.0926 e. The van der Waals surface area contributed by atoms with Crippen LogP contribution in [0.25, 0.3) is 0 Å². The number of nitrogens with one attached hydrogen (secondary N) is 1. The second-order valence-electron chi connectivity index (χ2n) is 5.06. The van der Waals surface area contributed by atoms with Crippen molar-refractivity contribution in [2.45, 2.75) is 32.0 Å². The Morgan fingerprint density at radius 1 is 1.56 bits per heavy atom. The predicted octanol–water partition coefficient (Wildman–Crippen LogP) is 0.0337.